The van der Waals surface area contributed by atoms with Crippen LogP contribution in [0.5, 0.6) is 5.75 Å². The second-order valence-electron chi connectivity index (χ2n) is 4.42. The van der Waals surface area contributed by atoms with Gasteiger partial charge in [0.15, 0.2) is 5.13 Å². The summed E-state index contributed by atoms with van der Waals surface area (Å²) in [7, 11) is 1.69. The third-order valence-electron chi connectivity index (χ3n) is 2.57. The minimum atomic E-state index is 0.390. The summed E-state index contributed by atoms with van der Waals surface area (Å²) in [5.41, 5.74) is 2.05. The summed E-state index contributed by atoms with van der Waals surface area (Å²) in [6.45, 7) is 6.31. The molecule has 0 unspecified atom stereocenters. The molecule has 0 saturated carbocycles. The zero-order chi connectivity index (χ0) is 13.1. The van der Waals surface area contributed by atoms with Gasteiger partial charge in [-0.1, -0.05) is 12.1 Å². The normalized spacial score (nSPS) is 10.7. The van der Waals surface area contributed by atoms with Crippen molar-refractivity contribution in [3.05, 3.63) is 29.1 Å². The molecule has 3 nitrogen and oxygen atoms in total. The van der Waals surface area contributed by atoms with Crippen molar-refractivity contribution in [3.63, 3.8) is 0 Å². The first-order valence-electron chi connectivity index (χ1n) is 5.99. The molecule has 0 saturated heterocycles. The molecule has 96 valence electrons. The second kappa shape index (κ2) is 5.40. The van der Waals surface area contributed by atoms with Crippen molar-refractivity contribution in [2.45, 2.75) is 26.8 Å². The summed E-state index contributed by atoms with van der Waals surface area (Å²) in [6.07, 6.45) is 0. The molecule has 2 rings (SSSR count). The van der Waals surface area contributed by atoms with Crippen LogP contribution in [0.15, 0.2) is 24.3 Å². The Labute approximate surface area is 112 Å². The molecule has 1 N–H and O–H groups in total. The Kier molecular flexibility index (Phi) is 3.87. The molecule has 0 fully saturated rings. The number of methoxy groups -OCH3 is 1. The lowest BCUT2D eigenvalue weighted by Crippen LogP contribution is -2.08. The van der Waals surface area contributed by atoms with E-state index in [1.807, 2.05) is 24.3 Å². The van der Waals surface area contributed by atoms with Crippen molar-refractivity contribution in [3.8, 4) is 17.0 Å². The molecule has 4 heteroatoms. The van der Waals surface area contributed by atoms with Crippen molar-refractivity contribution in [2.24, 2.45) is 0 Å². The van der Waals surface area contributed by atoms with Gasteiger partial charge in [-0.15, -0.1) is 11.3 Å². The average molecular weight is 262 g/mol. The van der Waals surface area contributed by atoms with Gasteiger partial charge in [0.05, 0.1) is 12.8 Å². The average Bonchev–Trinajstić information content (AvgIpc) is 2.69. The smallest absolute Gasteiger partial charge is 0.183 e. The third-order valence-corrected chi connectivity index (χ3v) is 3.47. The largest absolute Gasteiger partial charge is 0.496 e. The Bertz CT molecular complexity index is 534. The summed E-state index contributed by atoms with van der Waals surface area (Å²) in [5, 5.41) is 4.30. The van der Waals surface area contributed by atoms with Crippen LogP contribution in [0.4, 0.5) is 5.13 Å². The highest BCUT2D eigenvalue weighted by Gasteiger charge is 2.13. The Hall–Kier alpha value is -1.55. The summed E-state index contributed by atoms with van der Waals surface area (Å²) in [6, 6.07) is 8.37. The van der Waals surface area contributed by atoms with Crippen molar-refractivity contribution >= 4 is 16.5 Å². The van der Waals surface area contributed by atoms with Crippen LogP contribution in [0, 0.1) is 6.92 Å². The van der Waals surface area contributed by atoms with E-state index in [2.05, 4.69) is 31.1 Å². The molecule has 1 aromatic heterocycles. The van der Waals surface area contributed by atoms with Crippen molar-refractivity contribution < 1.29 is 4.74 Å². The van der Waals surface area contributed by atoms with Crippen LogP contribution in [0.2, 0.25) is 0 Å². The van der Waals surface area contributed by atoms with Gasteiger partial charge in [-0.05, 0) is 32.9 Å². The zero-order valence-electron chi connectivity index (χ0n) is 11.2. The Morgan fingerprint density at radius 1 is 1.28 bits per heavy atom. The van der Waals surface area contributed by atoms with E-state index in [4.69, 9.17) is 4.74 Å². The number of ether oxygens (including phenoxy) is 1. The molecule has 18 heavy (non-hydrogen) atoms. The highest BCUT2D eigenvalue weighted by molar-refractivity contribution is 7.16. The van der Waals surface area contributed by atoms with Gasteiger partial charge in [-0.2, -0.15) is 0 Å². The van der Waals surface area contributed by atoms with E-state index in [0.29, 0.717) is 6.04 Å². The van der Waals surface area contributed by atoms with Gasteiger partial charge in [0, 0.05) is 16.5 Å². The molecular formula is C14H18N2OS. The van der Waals surface area contributed by atoms with Crippen LogP contribution in [0.3, 0.4) is 0 Å². The molecule has 0 atom stereocenters. The van der Waals surface area contributed by atoms with Crippen molar-refractivity contribution in [1.82, 2.24) is 4.98 Å². The number of rotatable bonds is 4. The lowest BCUT2D eigenvalue weighted by atomic mass is 10.1. The number of para-hydroxylation sites is 1. The van der Waals surface area contributed by atoms with Gasteiger partial charge in [0.2, 0.25) is 0 Å². The molecule has 0 aliphatic rings. The van der Waals surface area contributed by atoms with Crippen LogP contribution >= 0.6 is 11.3 Å². The van der Waals surface area contributed by atoms with Crippen LogP contribution in [-0.4, -0.2) is 18.1 Å². The Morgan fingerprint density at radius 2 is 2.00 bits per heavy atom. The molecule has 1 aromatic carbocycles. The van der Waals surface area contributed by atoms with E-state index in [9.17, 15) is 0 Å². The van der Waals surface area contributed by atoms with Crippen molar-refractivity contribution in [1.29, 1.82) is 0 Å². The number of nitrogens with zero attached hydrogens (tertiary/aromatic N) is 1. The minimum absolute atomic E-state index is 0.390. The summed E-state index contributed by atoms with van der Waals surface area (Å²) in [4.78, 5) is 5.85. The van der Waals surface area contributed by atoms with E-state index in [1.54, 1.807) is 18.4 Å². The zero-order valence-corrected chi connectivity index (χ0v) is 12.0. The fourth-order valence-corrected chi connectivity index (χ4v) is 2.77. The molecule has 0 amide bonds. The Morgan fingerprint density at radius 3 is 2.67 bits per heavy atom. The standard InChI is InChI=1S/C14H18N2OS/c1-9(2)15-14-16-13(10(3)18-14)11-7-5-6-8-12(11)17-4/h5-9H,1-4H3,(H,15,16). The van der Waals surface area contributed by atoms with Gasteiger partial charge in [-0.25, -0.2) is 4.98 Å². The monoisotopic (exact) mass is 262 g/mol. The molecule has 1 heterocycles. The maximum absolute atomic E-state index is 5.39. The topological polar surface area (TPSA) is 34.1 Å². The summed E-state index contributed by atoms with van der Waals surface area (Å²) < 4.78 is 5.39. The Balaban J connectivity index is 2.41. The number of nitrogens with one attached hydrogen (secondary N) is 1. The van der Waals surface area contributed by atoms with E-state index in [0.717, 1.165) is 22.1 Å². The summed E-state index contributed by atoms with van der Waals surface area (Å²) >= 11 is 1.68. The highest BCUT2D eigenvalue weighted by atomic mass is 32.1. The molecule has 0 aliphatic carbocycles. The number of hydrogen-bond donors (Lipinski definition) is 1. The lowest BCUT2D eigenvalue weighted by molar-refractivity contribution is 0.416. The van der Waals surface area contributed by atoms with Gasteiger partial charge in [0.1, 0.15) is 5.75 Å². The van der Waals surface area contributed by atoms with Crippen LogP contribution < -0.4 is 10.1 Å². The second-order valence-corrected chi connectivity index (χ2v) is 5.63. The van der Waals surface area contributed by atoms with E-state index in [1.165, 1.54) is 4.88 Å². The fraction of sp³-hybridized carbons (Fsp3) is 0.357. The number of thiazole rings is 1. The van der Waals surface area contributed by atoms with Gasteiger partial charge < -0.3 is 10.1 Å². The molecule has 0 radical (unpaired) electrons. The van der Waals surface area contributed by atoms with Crippen LogP contribution in [0.1, 0.15) is 18.7 Å². The fourth-order valence-electron chi connectivity index (χ4n) is 1.80. The van der Waals surface area contributed by atoms with E-state index in [-0.39, 0.29) is 0 Å². The molecule has 0 bridgehead atoms. The first-order chi connectivity index (χ1) is 8.61. The molecular weight excluding hydrogens is 244 g/mol. The van der Waals surface area contributed by atoms with Gasteiger partial charge in [0.25, 0.3) is 0 Å². The van der Waals surface area contributed by atoms with Crippen molar-refractivity contribution in [2.75, 3.05) is 12.4 Å². The number of aryl methyl sites for hydroxylation is 1. The predicted molar refractivity (Wildman–Crippen MR) is 77.6 cm³/mol. The number of benzene rings is 1. The number of aromatic nitrogens is 1. The molecule has 0 spiro atoms. The first-order valence-corrected chi connectivity index (χ1v) is 6.81. The predicted octanol–water partition coefficient (Wildman–Crippen LogP) is 3.95. The van der Waals surface area contributed by atoms with E-state index < -0.39 is 0 Å². The molecule has 0 aliphatic heterocycles. The SMILES string of the molecule is COc1ccccc1-c1nc(NC(C)C)sc1C. The van der Waals surface area contributed by atoms with E-state index >= 15 is 0 Å². The minimum Gasteiger partial charge on any atom is -0.496 e. The third kappa shape index (κ3) is 2.64. The van der Waals surface area contributed by atoms with Gasteiger partial charge >= 0.3 is 0 Å². The van der Waals surface area contributed by atoms with Crippen LogP contribution in [0.25, 0.3) is 11.3 Å². The lowest BCUT2D eigenvalue weighted by Gasteiger charge is -2.06. The van der Waals surface area contributed by atoms with Crippen LogP contribution in [-0.2, 0) is 0 Å². The maximum atomic E-state index is 5.39. The number of hydrogen-bond acceptors (Lipinski definition) is 4. The maximum Gasteiger partial charge on any atom is 0.183 e. The quantitative estimate of drug-likeness (QED) is 0.906. The molecule has 2 aromatic rings. The first kappa shape index (κ1) is 12.9. The van der Waals surface area contributed by atoms with Gasteiger partial charge in [-0.3, -0.25) is 0 Å². The highest BCUT2D eigenvalue weighted by Crippen LogP contribution is 2.35. The summed E-state index contributed by atoms with van der Waals surface area (Å²) in [5.74, 6) is 0.863. The number of anilines is 1.